The van der Waals surface area contributed by atoms with Crippen molar-refractivity contribution >= 4 is 11.8 Å². The van der Waals surface area contributed by atoms with Gasteiger partial charge in [-0.2, -0.15) is 0 Å². The monoisotopic (exact) mass is 276 g/mol. The average Bonchev–Trinajstić information content (AvgIpc) is 2.44. The number of carbonyl (C=O) groups is 2. The number of benzene rings is 1. The molecule has 1 aromatic rings. The molecule has 0 spiro atoms. The molecule has 0 aliphatic carbocycles. The second-order valence-electron chi connectivity index (χ2n) is 5.05. The van der Waals surface area contributed by atoms with E-state index in [0.29, 0.717) is 6.54 Å². The minimum atomic E-state index is -0.0948. The van der Waals surface area contributed by atoms with E-state index in [1.54, 1.807) is 4.90 Å². The largest absolute Gasteiger partial charge is 0.352 e. The van der Waals surface area contributed by atoms with Gasteiger partial charge in [-0.05, 0) is 25.3 Å². The lowest BCUT2D eigenvalue weighted by molar-refractivity contribution is -0.134. The Balaban J connectivity index is 2.48. The zero-order valence-electron chi connectivity index (χ0n) is 12.6. The smallest absolute Gasteiger partial charge is 0.239 e. The second-order valence-corrected chi connectivity index (χ2v) is 5.05. The van der Waals surface area contributed by atoms with Gasteiger partial charge in [-0.25, -0.2) is 0 Å². The van der Waals surface area contributed by atoms with Gasteiger partial charge in [-0.3, -0.25) is 9.59 Å². The van der Waals surface area contributed by atoms with Crippen LogP contribution in [0.1, 0.15) is 32.8 Å². The van der Waals surface area contributed by atoms with Crippen molar-refractivity contribution in [3.05, 3.63) is 35.9 Å². The Labute approximate surface area is 121 Å². The summed E-state index contributed by atoms with van der Waals surface area (Å²) in [6.07, 6.45) is 1.65. The van der Waals surface area contributed by atoms with Gasteiger partial charge >= 0.3 is 0 Å². The maximum absolute atomic E-state index is 11.8. The molecule has 0 bridgehead atoms. The van der Waals surface area contributed by atoms with E-state index in [1.165, 1.54) is 12.5 Å². The van der Waals surface area contributed by atoms with E-state index in [0.717, 1.165) is 12.8 Å². The lowest BCUT2D eigenvalue weighted by Crippen LogP contribution is -2.43. The topological polar surface area (TPSA) is 49.4 Å². The summed E-state index contributed by atoms with van der Waals surface area (Å²) < 4.78 is 0. The summed E-state index contributed by atoms with van der Waals surface area (Å²) in [4.78, 5) is 25.0. The van der Waals surface area contributed by atoms with Crippen molar-refractivity contribution in [3.8, 4) is 0 Å². The van der Waals surface area contributed by atoms with E-state index in [1.807, 2.05) is 44.2 Å². The molecule has 0 fully saturated rings. The molecular formula is C16H24N2O2. The van der Waals surface area contributed by atoms with Crippen LogP contribution in [-0.4, -0.2) is 35.8 Å². The fourth-order valence-corrected chi connectivity index (χ4v) is 1.85. The van der Waals surface area contributed by atoms with Gasteiger partial charge in [0.25, 0.3) is 0 Å². The van der Waals surface area contributed by atoms with Crippen molar-refractivity contribution in [2.24, 2.45) is 0 Å². The maximum Gasteiger partial charge on any atom is 0.239 e. The number of nitrogens with zero attached hydrogens (tertiary/aromatic N) is 1. The first-order valence-electron chi connectivity index (χ1n) is 7.11. The van der Waals surface area contributed by atoms with E-state index >= 15 is 0 Å². The van der Waals surface area contributed by atoms with Gasteiger partial charge < -0.3 is 10.2 Å². The standard InChI is InChI=1S/C16H24N2O2/c1-4-13(2)17-16(20)12-18(14(3)19)11-10-15-8-6-5-7-9-15/h5-9,13H,4,10-12H2,1-3H3,(H,17,20). The summed E-state index contributed by atoms with van der Waals surface area (Å²) in [6.45, 7) is 6.17. The van der Waals surface area contributed by atoms with Crippen LogP contribution in [0.25, 0.3) is 0 Å². The zero-order valence-corrected chi connectivity index (χ0v) is 12.6. The molecule has 0 aliphatic rings. The zero-order chi connectivity index (χ0) is 15.0. The molecule has 0 radical (unpaired) electrons. The Hall–Kier alpha value is -1.84. The third kappa shape index (κ3) is 5.87. The molecule has 20 heavy (non-hydrogen) atoms. The predicted molar refractivity (Wildman–Crippen MR) is 80.3 cm³/mol. The molecule has 0 aliphatic heterocycles. The Morgan fingerprint density at radius 2 is 1.90 bits per heavy atom. The van der Waals surface area contributed by atoms with Crippen molar-refractivity contribution in [1.29, 1.82) is 0 Å². The Kier molecular flexibility index (Phi) is 6.77. The van der Waals surface area contributed by atoms with Crippen LogP contribution in [-0.2, 0) is 16.0 Å². The number of amides is 2. The Morgan fingerprint density at radius 1 is 1.25 bits per heavy atom. The van der Waals surface area contributed by atoms with E-state index in [4.69, 9.17) is 0 Å². The van der Waals surface area contributed by atoms with Crippen LogP contribution in [0.3, 0.4) is 0 Å². The summed E-state index contributed by atoms with van der Waals surface area (Å²) in [7, 11) is 0. The highest BCUT2D eigenvalue weighted by molar-refractivity contribution is 5.83. The van der Waals surface area contributed by atoms with Crippen molar-refractivity contribution in [2.75, 3.05) is 13.1 Å². The molecule has 0 heterocycles. The third-order valence-electron chi connectivity index (χ3n) is 3.31. The molecule has 0 saturated carbocycles. The van der Waals surface area contributed by atoms with Gasteiger partial charge in [0.05, 0.1) is 6.54 Å². The van der Waals surface area contributed by atoms with E-state index in [-0.39, 0.29) is 24.4 Å². The molecule has 0 saturated heterocycles. The normalized spacial score (nSPS) is 11.8. The van der Waals surface area contributed by atoms with Crippen LogP contribution in [0.2, 0.25) is 0 Å². The summed E-state index contributed by atoms with van der Waals surface area (Å²) in [5, 5.41) is 2.88. The van der Waals surface area contributed by atoms with Gasteiger partial charge in [-0.1, -0.05) is 37.3 Å². The van der Waals surface area contributed by atoms with Crippen LogP contribution in [0.5, 0.6) is 0 Å². The second kappa shape index (κ2) is 8.35. The highest BCUT2D eigenvalue weighted by atomic mass is 16.2. The molecule has 1 atom stereocenters. The van der Waals surface area contributed by atoms with Crippen molar-refractivity contribution in [2.45, 2.75) is 39.7 Å². The highest BCUT2D eigenvalue weighted by Gasteiger charge is 2.14. The number of hydrogen-bond acceptors (Lipinski definition) is 2. The Morgan fingerprint density at radius 3 is 2.45 bits per heavy atom. The number of rotatable bonds is 7. The summed E-state index contributed by atoms with van der Waals surface area (Å²) in [5.74, 6) is -0.164. The Bertz CT molecular complexity index is 431. The van der Waals surface area contributed by atoms with E-state index in [2.05, 4.69) is 5.32 Å². The van der Waals surface area contributed by atoms with E-state index in [9.17, 15) is 9.59 Å². The first-order valence-corrected chi connectivity index (χ1v) is 7.11. The fraction of sp³-hybridized carbons (Fsp3) is 0.500. The summed E-state index contributed by atoms with van der Waals surface area (Å²) >= 11 is 0. The molecule has 110 valence electrons. The molecule has 1 rings (SSSR count). The molecule has 1 aromatic carbocycles. The molecular weight excluding hydrogens is 252 g/mol. The maximum atomic E-state index is 11.8. The van der Waals surface area contributed by atoms with Crippen LogP contribution in [0.4, 0.5) is 0 Å². The first-order chi connectivity index (χ1) is 9.52. The molecule has 2 amide bonds. The molecule has 4 heteroatoms. The third-order valence-corrected chi connectivity index (χ3v) is 3.31. The number of hydrogen-bond donors (Lipinski definition) is 1. The molecule has 1 N–H and O–H groups in total. The highest BCUT2D eigenvalue weighted by Crippen LogP contribution is 2.02. The summed E-state index contributed by atoms with van der Waals surface area (Å²) in [6, 6.07) is 10.1. The predicted octanol–water partition coefficient (Wildman–Crippen LogP) is 1.99. The van der Waals surface area contributed by atoms with E-state index < -0.39 is 0 Å². The van der Waals surface area contributed by atoms with Gasteiger partial charge in [-0.15, -0.1) is 0 Å². The number of carbonyl (C=O) groups excluding carboxylic acids is 2. The van der Waals surface area contributed by atoms with Crippen LogP contribution >= 0.6 is 0 Å². The van der Waals surface area contributed by atoms with Crippen LogP contribution in [0, 0.1) is 0 Å². The van der Waals surface area contributed by atoms with Crippen LogP contribution in [0.15, 0.2) is 30.3 Å². The van der Waals surface area contributed by atoms with Crippen molar-refractivity contribution < 1.29 is 9.59 Å². The quantitative estimate of drug-likeness (QED) is 0.828. The average molecular weight is 276 g/mol. The minimum Gasteiger partial charge on any atom is -0.352 e. The van der Waals surface area contributed by atoms with Crippen molar-refractivity contribution in [3.63, 3.8) is 0 Å². The minimum absolute atomic E-state index is 0.0692. The molecule has 0 aromatic heterocycles. The number of nitrogens with one attached hydrogen (secondary N) is 1. The van der Waals surface area contributed by atoms with Crippen molar-refractivity contribution in [1.82, 2.24) is 10.2 Å². The van der Waals surface area contributed by atoms with Gasteiger partial charge in [0.15, 0.2) is 0 Å². The van der Waals surface area contributed by atoms with Gasteiger partial charge in [0, 0.05) is 19.5 Å². The fourth-order valence-electron chi connectivity index (χ4n) is 1.85. The van der Waals surface area contributed by atoms with Crippen LogP contribution < -0.4 is 5.32 Å². The van der Waals surface area contributed by atoms with Gasteiger partial charge in [0.1, 0.15) is 0 Å². The summed E-state index contributed by atoms with van der Waals surface area (Å²) in [5.41, 5.74) is 1.17. The lowest BCUT2D eigenvalue weighted by atomic mass is 10.1. The molecule has 1 unspecified atom stereocenters. The lowest BCUT2D eigenvalue weighted by Gasteiger charge is -2.21. The molecule has 4 nitrogen and oxygen atoms in total. The van der Waals surface area contributed by atoms with Gasteiger partial charge in [0.2, 0.25) is 11.8 Å². The SMILES string of the molecule is CCC(C)NC(=O)CN(CCc1ccccc1)C(C)=O. The first kappa shape index (κ1) is 16.2.